The minimum absolute atomic E-state index is 0.475. The standard InChI is InChI=1S/C17H28N/c1-4-18(3,15-16-11-7-5-8-12-16)17(2)13-9-6-10-14-17/h5,7-8,11-12H,4,6,9-10,13-15H2,1-3H3/q+1. The van der Waals surface area contributed by atoms with Crippen LogP contribution in [-0.2, 0) is 6.54 Å². The Morgan fingerprint density at radius 3 is 2.22 bits per heavy atom. The van der Waals surface area contributed by atoms with Crippen molar-refractivity contribution < 1.29 is 4.48 Å². The first-order chi connectivity index (χ1) is 8.60. The van der Waals surface area contributed by atoms with Gasteiger partial charge in [-0.1, -0.05) is 36.8 Å². The van der Waals surface area contributed by atoms with E-state index in [9.17, 15) is 0 Å². The van der Waals surface area contributed by atoms with Crippen molar-refractivity contribution in [3.05, 3.63) is 35.9 Å². The molecule has 1 nitrogen and oxygen atoms in total. The van der Waals surface area contributed by atoms with Crippen molar-refractivity contribution in [2.45, 2.75) is 58.0 Å². The van der Waals surface area contributed by atoms with E-state index in [0.717, 1.165) is 0 Å². The van der Waals surface area contributed by atoms with Crippen LogP contribution in [0.4, 0.5) is 0 Å². The molecule has 1 aliphatic carbocycles. The lowest BCUT2D eigenvalue weighted by Gasteiger charge is -2.51. The molecule has 2 rings (SSSR count). The van der Waals surface area contributed by atoms with E-state index in [1.54, 1.807) is 0 Å². The molecule has 1 unspecified atom stereocenters. The lowest BCUT2D eigenvalue weighted by molar-refractivity contribution is -0.969. The van der Waals surface area contributed by atoms with Gasteiger partial charge in [-0.25, -0.2) is 0 Å². The molecule has 0 amide bonds. The van der Waals surface area contributed by atoms with Crippen molar-refractivity contribution >= 4 is 0 Å². The van der Waals surface area contributed by atoms with E-state index >= 15 is 0 Å². The molecule has 0 bridgehead atoms. The van der Waals surface area contributed by atoms with Crippen molar-refractivity contribution in [2.24, 2.45) is 0 Å². The first kappa shape index (κ1) is 13.6. The van der Waals surface area contributed by atoms with Crippen molar-refractivity contribution in [3.63, 3.8) is 0 Å². The second-order valence-corrected chi connectivity index (χ2v) is 6.41. The third kappa shape index (κ3) is 2.61. The lowest BCUT2D eigenvalue weighted by atomic mass is 9.80. The molecule has 0 aromatic heterocycles. The number of benzene rings is 1. The van der Waals surface area contributed by atoms with E-state index in [1.165, 1.54) is 55.2 Å². The van der Waals surface area contributed by atoms with Gasteiger partial charge in [-0.15, -0.1) is 0 Å². The van der Waals surface area contributed by atoms with Gasteiger partial charge in [0.25, 0.3) is 0 Å². The number of hydrogen-bond donors (Lipinski definition) is 0. The summed E-state index contributed by atoms with van der Waals surface area (Å²) in [6.07, 6.45) is 7.05. The van der Waals surface area contributed by atoms with Crippen LogP contribution in [0.3, 0.4) is 0 Å². The summed E-state index contributed by atoms with van der Waals surface area (Å²) in [4.78, 5) is 0. The molecule has 18 heavy (non-hydrogen) atoms. The third-order valence-corrected chi connectivity index (χ3v) is 5.31. The summed E-state index contributed by atoms with van der Waals surface area (Å²) in [6, 6.07) is 11.0. The predicted molar refractivity (Wildman–Crippen MR) is 78.4 cm³/mol. The molecule has 0 spiro atoms. The van der Waals surface area contributed by atoms with Gasteiger partial charge < -0.3 is 4.48 Å². The number of rotatable bonds is 4. The van der Waals surface area contributed by atoms with Gasteiger partial charge in [-0.3, -0.25) is 0 Å². The molecule has 0 radical (unpaired) electrons. The molecular weight excluding hydrogens is 218 g/mol. The van der Waals surface area contributed by atoms with Crippen LogP contribution in [0.5, 0.6) is 0 Å². The second-order valence-electron chi connectivity index (χ2n) is 6.41. The Kier molecular flexibility index (Phi) is 4.11. The zero-order valence-corrected chi connectivity index (χ0v) is 12.3. The van der Waals surface area contributed by atoms with Crippen LogP contribution in [0.2, 0.25) is 0 Å². The zero-order valence-electron chi connectivity index (χ0n) is 12.3. The van der Waals surface area contributed by atoms with Crippen LogP contribution in [0.15, 0.2) is 30.3 Å². The molecule has 1 aromatic rings. The Balaban J connectivity index is 2.19. The molecule has 1 heteroatoms. The van der Waals surface area contributed by atoms with Crippen LogP contribution in [0.25, 0.3) is 0 Å². The van der Waals surface area contributed by atoms with Gasteiger partial charge in [0.15, 0.2) is 0 Å². The van der Waals surface area contributed by atoms with Crippen molar-refractivity contribution in [3.8, 4) is 0 Å². The lowest BCUT2D eigenvalue weighted by Crippen LogP contribution is -2.60. The number of hydrogen-bond acceptors (Lipinski definition) is 0. The molecule has 0 aliphatic heterocycles. The van der Waals surface area contributed by atoms with Gasteiger partial charge in [0, 0.05) is 18.4 Å². The molecule has 1 aromatic carbocycles. The van der Waals surface area contributed by atoms with Crippen LogP contribution in [0.1, 0.15) is 51.5 Å². The Bertz CT molecular complexity index is 364. The summed E-state index contributed by atoms with van der Waals surface area (Å²) in [7, 11) is 2.46. The smallest absolute Gasteiger partial charge is 0.105 e. The van der Waals surface area contributed by atoms with Gasteiger partial charge in [0.05, 0.1) is 19.1 Å². The maximum Gasteiger partial charge on any atom is 0.105 e. The van der Waals surface area contributed by atoms with Crippen molar-refractivity contribution in [1.82, 2.24) is 0 Å². The van der Waals surface area contributed by atoms with Crippen LogP contribution < -0.4 is 0 Å². The minimum Gasteiger partial charge on any atom is -0.318 e. The van der Waals surface area contributed by atoms with E-state index < -0.39 is 0 Å². The van der Waals surface area contributed by atoms with E-state index in [0.29, 0.717) is 5.54 Å². The summed E-state index contributed by atoms with van der Waals surface area (Å²) in [5.41, 5.74) is 1.96. The molecule has 0 heterocycles. The van der Waals surface area contributed by atoms with E-state index in [-0.39, 0.29) is 0 Å². The highest BCUT2D eigenvalue weighted by molar-refractivity contribution is 5.13. The highest BCUT2D eigenvalue weighted by Gasteiger charge is 2.43. The molecule has 1 saturated carbocycles. The van der Waals surface area contributed by atoms with Crippen LogP contribution >= 0.6 is 0 Å². The molecule has 100 valence electrons. The molecule has 0 N–H and O–H groups in total. The van der Waals surface area contributed by atoms with E-state index in [2.05, 4.69) is 51.2 Å². The first-order valence-corrected chi connectivity index (χ1v) is 7.48. The Hall–Kier alpha value is -0.820. The predicted octanol–water partition coefficient (Wildman–Crippen LogP) is 4.38. The fourth-order valence-corrected chi connectivity index (χ4v) is 3.52. The molecule has 1 fully saturated rings. The Labute approximate surface area is 112 Å². The van der Waals surface area contributed by atoms with Crippen LogP contribution in [-0.4, -0.2) is 23.6 Å². The highest BCUT2D eigenvalue weighted by atomic mass is 15.4. The number of quaternary nitrogens is 1. The van der Waals surface area contributed by atoms with E-state index in [4.69, 9.17) is 0 Å². The van der Waals surface area contributed by atoms with Gasteiger partial charge in [0.2, 0.25) is 0 Å². The van der Waals surface area contributed by atoms with Crippen LogP contribution in [0, 0.1) is 0 Å². The van der Waals surface area contributed by atoms with Gasteiger partial charge in [-0.2, -0.15) is 0 Å². The second kappa shape index (κ2) is 5.44. The van der Waals surface area contributed by atoms with Gasteiger partial charge >= 0.3 is 0 Å². The molecule has 0 saturated heterocycles. The maximum absolute atomic E-state index is 2.51. The van der Waals surface area contributed by atoms with Gasteiger partial charge in [-0.05, 0) is 26.7 Å². The highest BCUT2D eigenvalue weighted by Crippen LogP contribution is 2.38. The summed E-state index contributed by atoms with van der Waals surface area (Å²) in [6.45, 7) is 7.26. The minimum atomic E-state index is 0.475. The Morgan fingerprint density at radius 2 is 1.67 bits per heavy atom. The summed E-state index contributed by atoms with van der Waals surface area (Å²) in [5, 5.41) is 0. The molecule has 1 aliphatic rings. The topological polar surface area (TPSA) is 0 Å². The monoisotopic (exact) mass is 246 g/mol. The van der Waals surface area contributed by atoms with Crippen molar-refractivity contribution in [2.75, 3.05) is 13.6 Å². The average Bonchev–Trinajstić information content (AvgIpc) is 2.40. The summed E-state index contributed by atoms with van der Waals surface area (Å²) < 4.78 is 1.19. The fraction of sp³-hybridized carbons (Fsp3) is 0.647. The van der Waals surface area contributed by atoms with E-state index in [1.807, 2.05) is 0 Å². The normalized spacial score (nSPS) is 22.4. The summed E-state index contributed by atoms with van der Waals surface area (Å²) >= 11 is 0. The summed E-state index contributed by atoms with van der Waals surface area (Å²) in [5.74, 6) is 0. The number of nitrogens with zero attached hydrogens (tertiary/aromatic N) is 1. The molecular formula is C17H28N+. The average molecular weight is 246 g/mol. The SMILES string of the molecule is CC[N+](C)(Cc1ccccc1)C1(C)CCCCC1. The Morgan fingerprint density at radius 1 is 1.06 bits per heavy atom. The largest absolute Gasteiger partial charge is 0.318 e. The van der Waals surface area contributed by atoms with Gasteiger partial charge in [0.1, 0.15) is 6.54 Å². The first-order valence-electron chi connectivity index (χ1n) is 7.48. The molecule has 1 atom stereocenters. The quantitative estimate of drug-likeness (QED) is 0.692. The zero-order chi connectivity index (χ0) is 13.1. The fourth-order valence-electron chi connectivity index (χ4n) is 3.52. The maximum atomic E-state index is 2.51. The third-order valence-electron chi connectivity index (χ3n) is 5.31. The van der Waals surface area contributed by atoms with Crippen molar-refractivity contribution in [1.29, 1.82) is 0 Å².